The van der Waals surface area contributed by atoms with E-state index in [9.17, 15) is 24.0 Å². The fourth-order valence-electron chi connectivity index (χ4n) is 9.30. The van der Waals surface area contributed by atoms with Gasteiger partial charge in [0.15, 0.2) is 0 Å². The second kappa shape index (κ2) is 23.5. The van der Waals surface area contributed by atoms with Gasteiger partial charge in [0.25, 0.3) is 0 Å². The number of benzene rings is 3. The summed E-state index contributed by atoms with van der Waals surface area (Å²) in [5.74, 6) is -1.44. The lowest BCUT2D eigenvalue weighted by atomic mass is 9.94. The van der Waals surface area contributed by atoms with Gasteiger partial charge in [-0.1, -0.05) is 111 Å². The van der Waals surface area contributed by atoms with Crippen molar-refractivity contribution in [2.24, 2.45) is 11.8 Å². The molecule has 0 spiro atoms. The average Bonchev–Trinajstić information content (AvgIpc) is 3.90. The number of alkyl carbamates (subject to hydrolysis) is 2. The molecule has 0 aromatic heterocycles. The third-order valence-corrected chi connectivity index (χ3v) is 12.4. The number of amides is 4. The van der Waals surface area contributed by atoms with Crippen LogP contribution in [0, 0.1) is 11.8 Å². The summed E-state index contributed by atoms with van der Waals surface area (Å²) in [5, 5.41) is 8.83. The Morgan fingerprint density at radius 2 is 1.43 bits per heavy atom. The SMILES string of the molecule is CC(C)C[C@@H](/C=C/[C@H](Cc1ccccc1)C(=O)N1CCC[C@@H]1C(=O)NC(CCCCNC(=O)OCC1c2ccccc2-c2ccccc21)C(=O)OC1CCCCC1)NC(=O)OC(C)(C)C. The van der Waals surface area contributed by atoms with Crippen LogP contribution in [0.25, 0.3) is 11.1 Å². The first-order chi connectivity index (χ1) is 31.3. The molecule has 1 aliphatic heterocycles. The lowest BCUT2D eigenvalue weighted by molar-refractivity contribution is -0.155. The highest BCUT2D eigenvalue weighted by atomic mass is 16.6. The summed E-state index contributed by atoms with van der Waals surface area (Å²) >= 11 is 0. The molecule has 1 heterocycles. The van der Waals surface area contributed by atoms with Crippen LogP contribution >= 0.6 is 0 Å². The zero-order valence-corrected chi connectivity index (χ0v) is 39.0. The Hall–Kier alpha value is -5.65. The largest absolute Gasteiger partial charge is 0.461 e. The number of hydrogen-bond acceptors (Lipinski definition) is 8. The minimum atomic E-state index is -0.910. The summed E-state index contributed by atoms with van der Waals surface area (Å²) < 4.78 is 17.2. The van der Waals surface area contributed by atoms with E-state index < -0.39 is 41.8 Å². The molecule has 2 aliphatic carbocycles. The number of hydrogen-bond donors (Lipinski definition) is 3. The molecule has 0 bridgehead atoms. The number of esters is 1. The summed E-state index contributed by atoms with van der Waals surface area (Å²) in [7, 11) is 0. The molecule has 1 saturated heterocycles. The quantitative estimate of drug-likeness (QED) is 0.0466. The van der Waals surface area contributed by atoms with Gasteiger partial charge in [-0.15, -0.1) is 0 Å². The van der Waals surface area contributed by atoms with Crippen molar-refractivity contribution in [3.8, 4) is 11.1 Å². The predicted molar refractivity (Wildman–Crippen MR) is 252 cm³/mol. The topological polar surface area (TPSA) is 152 Å². The molecule has 0 radical (unpaired) electrons. The van der Waals surface area contributed by atoms with Crippen LogP contribution in [0.5, 0.6) is 0 Å². The second-order valence-electron chi connectivity index (χ2n) is 19.3. The van der Waals surface area contributed by atoms with E-state index in [1.54, 1.807) is 4.90 Å². The van der Waals surface area contributed by atoms with E-state index in [1.165, 1.54) is 0 Å². The fourth-order valence-corrected chi connectivity index (χ4v) is 9.30. The Morgan fingerprint density at radius 3 is 2.09 bits per heavy atom. The van der Waals surface area contributed by atoms with Crippen LogP contribution in [0.4, 0.5) is 9.59 Å². The van der Waals surface area contributed by atoms with Crippen LogP contribution in [-0.2, 0) is 35.0 Å². The number of fused-ring (bicyclic) bond motifs is 3. The van der Waals surface area contributed by atoms with Crippen molar-refractivity contribution >= 4 is 30.0 Å². The fraction of sp³-hybridized carbons (Fsp3) is 0.528. The van der Waals surface area contributed by atoms with E-state index in [0.717, 1.165) is 59.9 Å². The monoisotopic (exact) mass is 891 g/mol. The number of likely N-dealkylation sites (tertiary alicyclic amines) is 1. The molecule has 3 N–H and O–H groups in total. The number of nitrogens with zero attached hydrogens (tertiary/aromatic N) is 1. The maximum atomic E-state index is 14.6. The lowest BCUT2D eigenvalue weighted by Crippen LogP contribution is -2.52. The van der Waals surface area contributed by atoms with Gasteiger partial charge in [0, 0.05) is 19.0 Å². The number of carbonyl (C=O) groups excluding carboxylic acids is 5. The molecule has 4 amide bonds. The third kappa shape index (κ3) is 14.4. The van der Waals surface area contributed by atoms with Gasteiger partial charge in [0.05, 0.1) is 12.0 Å². The highest BCUT2D eigenvalue weighted by Gasteiger charge is 2.39. The van der Waals surface area contributed by atoms with Crippen molar-refractivity contribution in [1.29, 1.82) is 0 Å². The molecule has 3 aromatic rings. The minimum Gasteiger partial charge on any atom is -0.461 e. The molecule has 12 heteroatoms. The van der Waals surface area contributed by atoms with Crippen LogP contribution in [0.3, 0.4) is 0 Å². The van der Waals surface area contributed by atoms with Crippen molar-refractivity contribution in [3.05, 3.63) is 108 Å². The van der Waals surface area contributed by atoms with Crippen LogP contribution in [0.2, 0.25) is 0 Å². The number of nitrogens with one attached hydrogen (secondary N) is 3. The van der Waals surface area contributed by atoms with E-state index in [0.29, 0.717) is 58.0 Å². The minimum absolute atomic E-state index is 0.0415. The van der Waals surface area contributed by atoms with E-state index in [-0.39, 0.29) is 42.4 Å². The number of unbranched alkanes of at least 4 members (excludes halogenated alkanes) is 1. The van der Waals surface area contributed by atoms with Gasteiger partial charge >= 0.3 is 18.2 Å². The molecular formula is C53H70N4O8. The first-order valence-corrected chi connectivity index (χ1v) is 23.9. The summed E-state index contributed by atoms with van der Waals surface area (Å²) in [6.07, 6.45) is 10.7. The summed E-state index contributed by atoms with van der Waals surface area (Å²) in [6, 6.07) is 24.1. The summed E-state index contributed by atoms with van der Waals surface area (Å²) in [5.41, 5.74) is 4.91. The zero-order chi connectivity index (χ0) is 46.3. The Bertz CT molecular complexity index is 2050. The van der Waals surface area contributed by atoms with Gasteiger partial charge in [-0.2, -0.15) is 0 Å². The molecule has 6 rings (SSSR count). The molecule has 3 aromatic carbocycles. The van der Waals surface area contributed by atoms with Crippen molar-refractivity contribution in [1.82, 2.24) is 20.9 Å². The highest BCUT2D eigenvalue weighted by molar-refractivity contribution is 5.92. The van der Waals surface area contributed by atoms with Gasteiger partial charge in [-0.3, -0.25) is 9.59 Å². The van der Waals surface area contributed by atoms with Crippen LogP contribution < -0.4 is 16.0 Å². The molecule has 12 nitrogen and oxygen atoms in total. The molecule has 1 unspecified atom stereocenters. The Balaban J connectivity index is 1.07. The van der Waals surface area contributed by atoms with E-state index >= 15 is 0 Å². The Kier molecular flexibility index (Phi) is 17.6. The van der Waals surface area contributed by atoms with E-state index in [2.05, 4.69) is 54.1 Å². The molecular weight excluding hydrogens is 821 g/mol. The molecule has 3 aliphatic rings. The van der Waals surface area contributed by atoms with Gasteiger partial charge in [0.1, 0.15) is 30.4 Å². The average molecular weight is 891 g/mol. The zero-order valence-electron chi connectivity index (χ0n) is 39.0. The standard InChI is InChI=1S/C53H70N4O8/c1-36(2)33-39(55-52(62)65-53(3,4)5)30-29-38(34-37-19-8-6-9-20-37)49(59)57-32-18-28-47(57)48(58)56-46(50(60)64-40-21-10-7-11-22-40)27-16-17-31-54-51(61)63-35-45-43-25-14-12-23-41(43)42-24-13-15-26-44(42)45/h6,8-9,12-15,19-20,23-26,29-30,36,38-40,45-47H,7,10-11,16-18,21-22,27-28,31-35H2,1-5H3,(H,54,61)(H,55,62)(H,56,58)/b30-29+/t38-,39-,46?,47-/m1/s1. The lowest BCUT2D eigenvalue weighted by Gasteiger charge is -2.30. The van der Waals surface area contributed by atoms with Crippen molar-refractivity contribution < 1.29 is 38.2 Å². The second-order valence-corrected chi connectivity index (χ2v) is 19.3. The molecule has 65 heavy (non-hydrogen) atoms. The van der Waals surface area contributed by atoms with Gasteiger partial charge in [-0.05, 0) is 125 Å². The summed E-state index contributed by atoms with van der Waals surface area (Å²) in [6.45, 7) is 10.5. The van der Waals surface area contributed by atoms with Crippen molar-refractivity contribution in [2.75, 3.05) is 19.7 Å². The van der Waals surface area contributed by atoms with E-state index in [4.69, 9.17) is 14.2 Å². The number of carbonyl (C=O) groups is 5. The van der Waals surface area contributed by atoms with Gasteiger partial charge in [0.2, 0.25) is 11.8 Å². The van der Waals surface area contributed by atoms with Crippen molar-refractivity contribution in [3.63, 3.8) is 0 Å². The highest BCUT2D eigenvalue weighted by Crippen LogP contribution is 2.44. The molecule has 1 saturated carbocycles. The number of rotatable bonds is 19. The normalized spacial score (nSPS) is 17.8. The third-order valence-electron chi connectivity index (χ3n) is 12.4. The number of ether oxygens (including phenoxy) is 3. The maximum Gasteiger partial charge on any atom is 0.408 e. The first kappa shape index (κ1) is 48.8. The van der Waals surface area contributed by atoms with E-state index in [1.807, 2.05) is 87.5 Å². The van der Waals surface area contributed by atoms with Crippen LogP contribution in [-0.4, -0.2) is 84.4 Å². The van der Waals surface area contributed by atoms with Crippen LogP contribution in [0.1, 0.15) is 128 Å². The molecule has 350 valence electrons. The molecule has 2 fully saturated rings. The van der Waals surface area contributed by atoms with Gasteiger partial charge < -0.3 is 35.1 Å². The molecule has 4 atom stereocenters. The Labute approximate surface area is 385 Å². The van der Waals surface area contributed by atoms with Gasteiger partial charge in [-0.25, -0.2) is 14.4 Å². The van der Waals surface area contributed by atoms with Crippen LogP contribution in [0.15, 0.2) is 91.0 Å². The maximum absolute atomic E-state index is 14.6. The first-order valence-electron chi connectivity index (χ1n) is 23.9. The van der Waals surface area contributed by atoms with Crippen molar-refractivity contribution in [2.45, 2.75) is 147 Å². The smallest absolute Gasteiger partial charge is 0.408 e. The predicted octanol–water partition coefficient (Wildman–Crippen LogP) is 9.40. The Morgan fingerprint density at radius 1 is 0.769 bits per heavy atom. The summed E-state index contributed by atoms with van der Waals surface area (Å²) in [4.78, 5) is 69.9.